The molecule has 2 aromatic rings. The molecule has 0 aliphatic heterocycles. The Balaban J connectivity index is 2.28. The van der Waals surface area contributed by atoms with Crippen LogP contribution in [0.25, 0.3) is 5.82 Å². The maximum absolute atomic E-state index is 6.05. The van der Waals surface area contributed by atoms with E-state index in [-0.39, 0.29) is 4.75 Å². The molecular formula is C12H13ClN3S. The van der Waals surface area contributed by atoms with Gasteiger partial charge in [0, 0.05) is 17.0 Å². The lowest BCUT2D eigenvalue weighted by Crippen LogP contribution is -2.07. The van der Waals surface area contributed by atoms with Crippen LogP contribution in [0.3, 0.4) is 0 Å². The molecule has 0 aliphatic rings. The van der Waals surface area contributed by atoms with Crippen molar-refractivity contribution >= 4 is 23.4 Å². The van der Waals surface area contributed by atoms with Crippen LogP contribution in [0, 0.1) is 6.20 Å². The fourth-order valence-electron chi connectivity index (χ4n) is 1.28. The summed E-state index contributed by atoms with van der Waals surface area (Å²) in [7, 11) is 0. The van der Waals surface area contributed by atoms with E-state index >= 15 is 0 Å². The average molecular weight is 267 g/mol. The second kappa shape index (κ2) is 4.70. The first-order valence-corrected chi connectivity index (χ1v) is 6.43. The summed E-state index contributed by atoms with van der Waals surface area (Å²) < 4.78 is 1.71. The van der Waals surface area contributed by atoms with Crippen LogP contribution in [0.15, 0.2) is 29.4 Å². The number of hydrogen-bond acceptors (Lipinski definition) is 3. The molecule has 5 heteroatoms. The molecule has 2 rings (SSSR count). The van der Waals surface area contributed by atoms with Crippen LogP contribution in [0.5, 0.6) is 0 Å². The van der Waals surface area contributed by atoms with Crippen molar-refractivity contribution in [1.82, 2.24) is 14.8 Å². The van der Waals surface area contributed by atoms with Gasteiger partial charge in [0.25, 0.3) is 0 Å². The van der Waals surface area contributed by atoms with E-state index in [1.54, 1.807) is 34.8 Å². The van der Waals surface area contributed by atoms with Gasteiger partial charge in [0.1, 0.15) is 5.03 Å². The highest BCUT2D eigenvalue weighted by Crippen LogP contribution is 2.30. The Bertz CT molecular complexity index is 516. The van der Waals surface area contributed by atoms with Gasteiger partial charge in [-0.25, -0.2) is 9.67 Å². The highest BCUT2D eigenvalue weighted by molar-refractivity contribution is 8.00. The summed E-state index contributed by atoms with van der Waals surface area (Å²) in [6.07, 6.45) is 4.71. The maximum atomic E-state index is 6.05. The minimum absolute atomic E-state index is 0.126. The second-order valence-corrected chi connectivity index (χ2v) is 6.80. The van der Waals surface area contributed by atoms with Gasteiger partial charge in [0.2, 0.25) is 0 Å². The Morgan fingerprint density at radius 2 is 2.18 bits per heavy atom. The largest absolute Gasteiger partial charge is 0.236 e. The molecular weight excluding hydrogens is 254 g/mol. The van der Waals surface area contributed by atoms with Gasteiger partial charge >= 0.3 is 0 Å². The summed E-state index contributed by atoms with van der Waals surface area (Å²) in [4.78, 5) is 4.19. The molecule has 3 nitrogen and oxygen atoms in total. The maximum Gasteiger partial charge on any atom is 0.172 e. The Morgan fingerprint density at radius 1 is 1.41 bits per heavy atom. The van der Waals surface area contributed by atoms with Crippen LogP contribution in [-0.2, 0) is 0 Å². The number of rotatable bonds is 2. The van der Waals surface area contributed by atoms with Gasteiger partial charge in [-0.3, -0.25) is 0 Å². The van der Waals surface area contributed by atoms with Crippen molar-refractivity contribution in [3.05, 3.63) is 35.6 Å². The number of pyridine rings is 1. The highest BCUT2D eigenvalue weighted by atomic mass is 35.5. The van der Waals surface area contributed by atoms with E-state index in [2.05, 4.69) is 37.1 Å². The SMILES string of the molecule is CC(C)(C)Sc1c[c]n(-c2ncccc2Cl)n1. The molecule has 17 heavy (non-hydrogen) atoms. The van der Waals surface area contributed by atoms with Crippen LogP contribution in [0.1, 0.15) is 20.8 Å². The van der Waals surface area contributed by atoms with Crippen LogP contribution >= 0.6 is 23.4 Å². The smallest absolute Gasteiger partial charge is 0.172 e. The van der Waals surface area contributed by atoms with Gasteiger partial charge in [-0.1, -0.05) is 44.1 Å². The van der Waals surface area contributed by atoms with Crippen molar-refractivity contribution < 1.29 is 0 Å². The molecule has 0 unspecified atom stereocenters. The molecule has 0 N–H and O–H groups in total. The van der Waals surface area contributed by atoms with Crippen molar-refractivity contribution in [1.29, 1.82) is 0 Å². The summed E-state index contributed by atoms with van der Waals surface area (Å²) in [6, 6.07) is 5.43. The Hall–Kier alpha value is -1.00. The normalized spacial score (nSPS) is 11.8. The quantitative estimate of drug-likeness (QED) is 0.778. The number of nitrogens with zero attached hydrogens (tertiary/aromatic N) is 3. The fourth-order valence-corrected chi connectivity index (χ4v) is 2.34. The third kappa shape index (κ3) is 3.23. The summed E-state index contributed by atoms with van der Waals surface area (Å²) in [5.41, 5.74) is 0. The van der Waals surface area contributed by atoms with Gasteiger partial charge in [-0.2, -0.15) is 5.10 Å². The standard InChI is InChI=1S/C12H13ClN3S/c1-12(2,3)17-10-6-8-16(15-10)11-9(13)5-4-7-14-11/h4-7H,1-3H3. The van der Waals surface area contributed by atoms with Gasteiger partial charge in [0.15, 0.2) is 5.82 Å². The predicted molar refractivity (Wildman–Crippen MR) is 70.8 cm³/mol. The Labute approximate surface area is 110 Å². The summed E-state index contributed by atoms with van der Waals surface area (Å²) in [5, 5.41) is 5.89. The van der Waals surface area contributed by atoms with E-state index in [0.717, 1.165) is 5.03 Å². The monoisotopic (exact) mass is 266 g/mol. The zero-order chi connectivity index (χ0) is 12.5. The summed E-state index contributed by atoms with van der Waals surface area (Å²) >= 11 is 7.74. The molecule has 2 heterocycles. The van der Waals surface area contributed by atoms with Gasteiger partial charge < -0.3 is 0 Å². The minimum Gasteiger partial charge on any atom is -0.236 e. The molecule has 0 bridgehead atoms. The second-order valence-electron chi connectivity index (χ2n) is 4.55. The molecule has 0 aromatic carbocycles. The number of thioether (sulfide) groups is 1. The Kier molecular flexibility index (Phi) is 3.45. The van der Waals surface area contributed by atoms with Crippen LogP contribution in [0.2, 0.25) is 5.02 Å². The van der Waals surface area contributed by atoms with E-state index in [9.17, 15) is 0 Å². The highest BCUT2D eigenvalue weighted by Gasteiger charge is 2.15. The summed E-state index contributed by atoms with van der Waals surface area (Å²) in [6.45, 7) is 6.43. The minimum atomic E-state index is 0.126. The van der Waals surface area contributed by atoms with E-state index in [0.29, 0.717) is 10.8 Å². The van der Waals surface area contributed by atoms with Gasteiger partial charge in [-0.15, -0.1) is 0 Å². The molecule has 0 saturated carbocycles. The van der Waals surface area contributed by atoms with E-state index in [1.807, 2.05) is 6.07 Å². The van der Waals surface area contributed by atoms with Crippen molar-refractivity contribution in [3.63, 3.8) is 0 Å². The number of halogens is 1. The first kappa shape index (κ1) is 12.5. The molecule has 0 spiro atoms. The van der Waals surface area contributed by atoms with Crippen LogP contribution < -0.4 is 0 Å². The molecule has 0 fully saturated rings. The first-order valence-electron chi connectivity index (χ1n) is 5.23. The lowest BCUT2D eigenvalue weighted by atomic mass is 10.3. The third-order valence-corrected chi connectivity index (χ3v) is 3.18. The third-order valence-electron chi connectivity index (χ3n) is 1.86. The molecule has 89 valence electrons. The molecule has 0 atom stereocenters. The molecule has 0 saturated heterocycles. The molecule has 0 amide bonds. The average Bonchev–Trinajstić information content (AvgIpc) is 2.64. The zero-order valence-corrected chi connectivity index (χ0v) is 11.5. The van der Waals surface area contributed by atoms with E-state index in [1.165, 1.54) is 0 Å². The van der Waals surface area contributed by atoms with Crippen molar-refractivity contribution in [3.8, 4) is 5.82 Å². The summed E-state index contributed by atoms with van der Waals surface area (Å²) in [5.74, 6) is 0.606. The fraction of sp³-hybridized carbons (Fsp3) is 0.333. The van der Waals surface area contributed by atoms with Crippen LogP contribution in [-0.4, -0.2) is 19.5 Å². The van der Waals surface area contributed by atoms with Gasteiger partial charge in [0.05, 0.1) is 11.2 Å². The lowest BCUT2D eigenvalue weighted by molar-refractivity contribution is 0.779. The van der Waals surface area contributed by atoms with Crippen molar-refractivity contribution in [2.75, 3.05) is 0 Å². The molecule has 0 aliphatic carbocycles. The lowest BCUT2D eigenvalue weighted by Gasteiger charge is -2.14. The predicted octanol–water partition coefficient (Wildman–Crippen LogP) is 3.61. The molecule has 1 radical (unpaired) electrons. The van der Waals surface area contributed by atoms with Gasteiger partial charge in [-0.05, 0) is 12.1 Å². The number of hydrogen-bond donors (Lipinski definition) is 0. The zero-order valence-electron chi connectivity index (χ0n) is 9.94. The van der Waals surface area contributed by atoms with Crippen molar-refractivity contribution in [2.24, 2.45) is 0 Å². The van der Waals surface area contributed by atoms with Crippen molar-refractivity contribution in [2.45, 2.75) is 30.5 Å². The van der Waals surface area contributed by atoms with Crippen LogP contribution in [0.4, 0.5) is 0 Å². The first-order chi connectivity index (χ1) is 7.96. The van der Waals surface area contributed by atoms with E-state index in [4.69, 9.17) is 11.6 Å². The Morgan fingerprint density at radius 3 is 2.82 bits per heavy atom. The molecule has 2 aromatic heterocycles. The topological polar surface area (TPSA) is 30.7 Å². The number of aromatic nitrogens is 3. The van der Waals surface area contributed by atoms with E-state index < -0.39 is 0 Å².